The lowest BCUT2D eigenvalue weighted by Crippen LogP contribution is -2.36. The maximum Gasteiger partial charge on any atom is 0.270 e. The highest BCUT2D eigenvalue weighted by molar-refractivity contribution is 7.23. The van der Waals surface area contributed by atoms with Gasteiger partial charge in [0.1, 0.15) is 11.3 Å². The van der Waals surface area contributed by atoms with E-state index in [4.69, 9.17) is 16.3 Å². The van der Waals surface area contributed by atoms with Crippen molar-refractivity contribution in [3.63, 3.8) is 0 Å². The van der Waals surface area contributed by atoms with Gasteiger partial charge in [-0.3, -0.25) is 9.69 Å². The smallest absolute Gasteiger partial charge is 0.270 e. The van der Waals surface area contributed by atoms with E-state index in [2.05, 4.69) is 4.98 Å². The standard InChI is InChI=1S/C17H18ClN3O2S2/c1-20(2)8-9-21(16(22)13-5-4-10-24-13)17-19-14-12(23-3)7-6-11(18)15(14)25-17/h4-7,10H,8-9H2,1-3H3. The molecule has 1 amide bonds. The van der Waals surface area contributed by atoms with Crippen molar-refractivity contribution < 1.29 is 9.53 Å². The zero-order chi connectivity index (χ0) is 18.0. The van der Waals surface area contributed by atoms with Crippen molar-refractivity contribution in [2.45, 2.75) is 0 Å². The molecule has 0 saturated heterocycles. The summed E-state index contributed by atoms with van der Waals surface area (Å²) in [5.41, 5.74) is 0.684. The highest BCUT2D eigenvalue weighted by Crippen LogP contribution is 2.39. The Bertz CT molecular complexity index is 878. The number of hydrogen-bond donors (Lipinski definition) is 0. The molecule has 5 nitrogen and oxygen atoms in total. The lowest BCUT2D eigenvalue weighted by molar-refractivity contribution is 0.0989. The molecule has 1 aromatic carbocycles. The van der Waals surface area contributed by atoms with Crippen molar-refractivity contribution in [1.29, 1.82) is 0 Å². The molecule has 0 aliphatic heterocycles. The molecule has 3 rings (SSSR count). The van der Waals surface area contributed by atoms with Crippen molar-refractivity contribution in [1.82, 2.24) is 9.88 Å². The fourth-order valence-electron chi connectivity index (χ4n) is 2.34. The molecule has 2 heterocycles. The number of methoxy groups -OCH3 is 1. The molecule has 3 aromatic rings. The van der Waals surface area contributed by atoms with E-state index >= 15 is 0 Å². The SMILES string of the molecule is COc1ccc(Cl)c2sc(N(CCN(C)C)C(=O)c3cccs3)nc12. The first kappa shape index (κ1) is 18.1. The van der Waals surface area contributed by atoms with Crippen LogP contribution in [0.4, 0.5) is 5.13 Å². The van der Waals surface area contributed by atoms with Gasteiger partial charge in [-0.05, 0) is 37.7 Å². The van der Waals surface area contributed by atoms with Crippen LogP contribution in [-0.4, -0.2) is 50.1 Å². The maximum absolute atomic E-state index is 13.0. The molecular formula is C17H18ClN3O2S2. The molecule has 0 aliphatic carbocycles. The number of aromatic nitrogens is 1. The predicted molar refractivity (Wildman–Crippen MR) is 106 cm³/mol. The van der Waals surface area contributed by atoms with Gasteiger partial charge in [0, 0.05) is 13.1 Å². The predicted octanol–water partition coefficient (Wildman–Crippen LogP) is 4.23. The van der Waals surface area contributed by atoms with E-state index in [9.17, 15) is 4.79 Å². The fourth-order valence-corrected chi connectivity index (χ4v) is 4.29. The summed E-state index contributed by atoms with van der Waals surface area (Å²) in [6.07, 6.45) is 0. The van der Waals surface area contributed by atoms with E-state index in [0.29, 0.717) is 32.8 Å². The Morgan fingerprint density at radius 3 is 2.72 bits per heavy atom. The van der Waals surface area contributed by atoms with Crippen molar-refractivity contribution in [2.75, 3.05) is 39.2 Å². The van der Waals surface area contributed by atoms with Crippen LogP contribution in [0.1, 0.15) is 9.67 Å². The van der Waals surface area contributed by atoms with E-state index in [1.807, 2.05) is 36.5 Å². The molecule has 0 atom stereocenters. The number of amides is 1. The Morgan fingerprint density at radius 1 is 1.28 bits per heavy atom. The van der Waals surface area contributed by atoms with E-state index in [-0.39, 0.29) is 5.91 Å². The number of carbonyl (C=O) groups is 1. The minimum atomic E-state index is -0.0500. The monoisotopic (exact) mass is 395 g/mol. The second-order valence-corrected chi connectivity index (χ2v) is 7.99. The molecule has 0 unspecified atom stereocenters. The summed E-state index contributed by atoms with van der Waals surface area (Å²) < 4.78 is 6.21. The number of likely N-dealkylation sites (N-methyl/N-ethyl adjacent to an activating group) is 1. The van der Waals surface area contributed by atoms with E-state index in [1.165, 1.54) is 22.7 Å². The van der Waals surface area contributed by atoms with Gasteiger partial charge in [0.2, 0.25) is 0 Å². The average Bonchev–Trinajstić information content (AvgIpc) is 3.25. The third kappa shape index (κ3) is 3.79. The Morgan fingerprint density at radius 2 is 2.08 bits per heavy atom. The van der Waals surface area contributed by atoms with Crippen LogP contribution in [-0.2, 0) is 0 Å². The van der Waals surface area contributed by atoms with Crippen molar-refractivity contribution in [3.8, 4) is 5.75 Å². The molecule has 0 radical (unpaired) electrons. The fraction of sp³-hybridized carbons (Fsp3) is 0.294. The van der Waals surface area contributed by atoms with E-state index in [1.54, 1.807) is 24.1 Å². The Hall–Kier alpha value is -1.67. The molecule has 132 valence electrons. The highest BCUT2D eigenvalue weighted by atomic mass is 35.5. The van der Waals surface area contributed by atoms with Crippen molar-refractivity contribution >= 4 is 55.5 Å². The number of anilines is 1. The Kier molecular flexibility index (Phi) is 5.58. The number of halogens is 1. The van der Waals surface area contributed by atoms with Crippen LogP contribution in [0, 0.1) is 0 Å². The number of ether oxygens (including phenoxy) is 1. The lowest BCUT2D eigenvalue weighted by atomic mass is 10.3. The van der Waals surface area contributed by atoms with Crippen LogP contribution in [0.15, 0.2) is 29.6 Å². The second-order valence-electron chi connectivity index (χ2n) is 5.66. The maximum atomic E-state index is 13.0. The molecule has 0 saturated carbocycles. The third-order valence-corrected chi connectivity index (χ3v) is 6.04. The summed E-state index contributed by atoms with van der Waals surface area (Å²) in [5, 5.41) is 3.13. The van der Waals surface area contributed by atoms with Crippen LogP contribution in [0.2, 0.25) is 5.02 Å². The largest absolute Gasteiger partial charge is 0.494 e. The van der Waals surface area contributed by atoms with Crippen LogP contribution in [0.25, 0.3) is 10.2 Å². The first-order valence-electron chi connectivity index (χ1n) is 7.64. The van der Waals surface area contributed by atoms with Gasteiger partial charge in [0.15, 0.2) is 5.13 Å². The molecule has 0 N–H and O–H groups in total. The number of thiazole rings is 1. The van der Waals surface area contributed by atoms with Gasteiger partial charge in [-0.15, -0.1) is 11.3 Å². The summed E-state index contributed by atoms with van der Waals surface area (Å²) in [4.78, 5) is 22.1. The van der Waals surface area contributed by atoms with Crippen LogP contribution < -0.4 is 9.64 Å². The number of rotatable bonds is 6. The minimum Gasteiger partial charge on any atom is -0.494 e. The molecule has 0 bridgehead atoms. The zero-order valence-corrected chi connectivity index (χ0v) is 16.5. The molecule has 25 heavy (non-hydrogen) atoms. The normalized spacial score (nSPS) is 11.2. The molecule has 2 aromatic heterocycles. The number of thiophene rings is 1. The van der Waals surface area contributed by atoms with Gasteiger partial charge in [-0.1, -0.05) is 29.0 Å². The molecule has 8 heteroatoms. The minimum absolute atomic E-state index is 0.0500. The summed E-state index contributed by atoms with van der Waals surface area (Å²) in [6.45, 7) is 1.28. The molecule has 0 spiro atoms. The zero-order valence-electron chi connectivity index (χ0n) is 14.2. The first-order valence-corrected chi connectivity index (χ1v) is 9.72. The van der Waals surface area contributed by atoms with Gasteiger partial charge in [0.25, 0.3) is 5.91 Å². The lowest BCUT2D eigenvalue weighted by Gasteiger charge is -2.21. The van der Waals surface area contributed by atoms with E-state index in [0.717, 1.165) is 11.2 Å². The first-order chi connectivity index (χ1) is 12.0. The summed E-state index contributed by atoms with van der Waals surface area (Å²) in [7, 11) is 5.56. The van der Waals surface area contributed by atoms with Gasteiger partial charge in [-0.2, -0.15) is 0 Å². The van der Waals surface area contributed by atoms with E-state index < -0.39 is 0 Å². The van der Waals surface area contributed by atoms with Crippen LogP contribution in [0.5, 0.6) is 5.75 Å². The number of benzene rings is 1. The average molecular weight is 396 g/mol. The molecule has 0 aliphatic rings. The van der Waals surface area contributed by atoms with Crippen LogP contribution in [0.3, 0.4) is 0 Å². The second kappa shape index (κ2) is 7.70. The Labute approximate surface area is 159 Å². The van der Waals surface area contributed by atoms with Crippen molar-refractivity contribution in [2.24, 2.45) is 0 Å². The van der Waals surface area contributed by atoms with Crippen LogP contribution >= 0.6 is 34.3 Å². The van der Waals surface area contributed by atoms with Gasteiger partial charge in [0.05, 0.1) is 21.7 Å². The topological polar surface area (TPSA) is 45.7 Å². The highest BCUT2D eigenvalue weighted by Gasteiger charge is 2.23. The van der Waals surface area contributed by atoms with Gasteiger partial charge < -0.3 is 9.64 Å². The summed E-state index contributed by atoms with van der Waals surface area (Å²) >= 11 is 9.15. The molecule has 0 fully saturated rings. The van der Waals surface area contributed by atoms with Gasteiger partial charge in [-0.25, -0.2) is 4.98 Å². The van der Waals surface area contributed by atoms with Gasteiger partial charge >= 0.3 is 0 Å². The molecular weight excluding hydrogens is 378 g/mol. The van der Waals surface area contributed by atoms with Crippen molar-refractivity contribution in [3.05, 3.63) is 39.5 Å². The summed E-state index contributed by atoms with van der Waals surface area (Å²) in [5.74, 6) is 0.601. The summed E-state index contributed by atoms with van der Waals surface area (Å²) in [6, 6.07) is 7.28. The number of nitrogens with zero attached hydrogens (tertiary/aromatic N) is 3. The quantitative estimate of drug-likeness (QED) is 0.626. The number of carbonyl (C=O) groups excluding carboxylic acids is 1. The third-order valence-electron chi connectivity index (χ3n) is 3.65. The Balaban J connectivity index is 2.04. The number of fused-ring (bicyclic) bond motifs is 1. The number of hydrogen-bond acceptors (Lipinski definition) is 6.